The van der Waals surface area contributed by atoms with Gasteiger partial charge in [-0.25, -0.2) is 4.98 Å². The zero-order valence-electron chi connectivity index (χ0n) is 11.8. The molecule has 2 heterocycles. The average molecular weight is 251 g/mol. The quantitative estimate of drug-likeness (QED) is 0.890. The van der Waals surface area contributed by atoms with E-state index in [0.29, 0.717) is 0 Å². The highest BCUT2D eigenvalue weighted by Crippen LogP contribution is 2.03. The summed E-state index contributed by atoms with van der Waals surface area (Å²) in [5.74, 6) is 0.957. The number of hydrogen-bond donors (Lipinski definition) is 1. The Balaban J connectivity index is 0.000000771. The van der Waals surface area contributed by atoms with Gasteiger partial charge < -0.3 is 10.1 Å². The summed E-state index contributed by atoms with van der Waals surface area (Å²) in [6.45, 7) is 11.9. The van der Waals surface area contributed by atoms with E-state index in [9.17, 15) is 0 Å². The van der Waals surface area contributed by atoms with E-state index in [1.54, 1.807) is 0 Å². The molecule has 1 N–H and O–H groups in total. The number of aryl methyl sites for hydroxylation is 1. The Labute approximate surface area is 110 Å². The van der Waals surface area contributed by atoms with Gasteiger partial charge in [0.05, 0.1) is 13.2 Å². The zero-order chi connectivity index (χ0) is 13.2. The van der Waals surface area contributed by atoms with Crippen molar-refractivity contribution in [3.8, 4) is 0 Å². The van der Waals surface area contributed by atoms with Crippen molar-refractivity contribution in [2.24, 2.45) is 0 Å². The van der Waals surface area contributed by atoms with Crippen LogP contribution in [-0.2, 0) is 4.74 Å². The second-order valence-electron chi connectivity index (χ2n) is 4.10. The topological polar surface area (TPSA) is 37.4 Å². The summed E-state index contributed by atoms with van der Waals surface area (Å²) in [4.78, 5) is 6.71. The third-order valence-electron chi connectivity index (χ3n) is 2.75. The maximum Gasteiger partial charge on any atom is 0.125 e. The van der Waals surface area contributed by atoms with Crippen LogP contribution in [0.2, 0.25) is 0 Å². The van der Waals surface area contributed by atoms with Gasteiger partial charge in [-0.3, -0.25) is 4.90 Å². The van der Waals surface area contributed by atoms with Crippen LogP contribution in [0.4, 0.5) is 5.82 Å². The molecule has 2 rings (SSSR count). The number of hydrogen-bond acceptors (Lipinski definition) is 4. The van der Waals surface area contributed by atoms with Gasteiger partial charge in [-0.15, -0.1) is 0 Å². The van der Waals surface area contributed by atoms with Crippen LogP contribution in [0.1, 0.15) is 19.4 Å². The number of rotatable bonds is 4. The van der Waals surface area contributed by atoms with Crippen LogP contribution in [0.25, 0.3) is 0 Å². The number of morpholine rings is 1. The van der Waals surface area contributed by atoms with Gasteiger partial charge in [0.15, 0.2) is 0 Å². The summed E-state index contributed by atoms with van der Waals surface area (Å²) in [5.41, 5.74) is 1.19. The van der Waals surface area contributed by atoms with E-state index >= 15 is 0 Å². The Morgan fingerprint density at radius 3 is 2.61 bits per heavy atom. The molecule has 18 heavy (non-hydrogen) atoms. The number of anilines is 1. The standard InChI is InChI=1S/C12H19N3O.C2H6/c1-11-2-3-12(14-10-11)13-4-5-15-6-8-16-9-7-15;1-2/h2-3,10H,4-9H2,1H3,(H,13,14);1-2H3. The van der Waals surface area contributed by atoms with Crippen molar-refractivity contribution in [1.29, 1.82) is 0 Å². The Hall–Kier alpha value is -1.13. The lowest BCUT2D eigenvalue weighted by Gasteiger charge is -2.26. The first-order valence-corrected chi connectivity index (χ1v) is 6.81. The molecule has 1 aromatic rings. The number of nitrogens with zero attached hydrogens (tertiary/aromatic N) is 2. The van der Waals surface area contributed by atoms with Crippen molar-refractivity contribution in [3.63, 3.8) is 0 Å². The van der Waals surface area contributed by atoms with Gasteiger partial charge in [0.1, 0.15) is 5.82 Å². The van der Waals surface area contributed by atoms with Gasteiger partial charge in [0.25, 0.3) is 0 Å². The summed E-state index contributed by atoms with van der Waals surface area (Å²) in [6, 6.07) is 4.10. The van der Waals surface area contributed by atoms with Gasteiger partial charge in [-0.05, 0) is 18.6 Å². The number of aromatic nitrogens is 1. The molecule has 102 valence electrons. The van der Waals surface area contributed by atoms with Gasteiger partial charge in [0, 0.05) is 32.4 Å². The van der Waals surface area contributed by atoms with E-state index in [0.717, 1.165) is 45.2 Å². The predicted octanol–water partition coefficient (Wildman–Crippen LogP) is 2.16. The Kier molecular flexibility index (Phi) is 7.37. The highest BCUT2D eigenvalue weighted by molar-refractivity contribution is 5.34. The number of nitrogens with one attached hydrogen (secondary N) is 1. The minimum Gasteiger partial charge on any atom is -0.379 e. The molecule has 0 aromatic carbocycles. The molecule has 1 aliphatic heterocycles. The molecule has 4 heteroatoms. The molecule has 0 amide bonds. The van der Waals surface area contributed by atoms with E-state index in [1.807, 2.05) is 33.0 Å². The summed E-state index contributed by atoms with van der Waals surface area (Å²) in [7, 11) is 0. The van der Waals surface area contributed by atoms with Crippen LogP contribution in [0.5, 0.6) is 0 Å². The molecule has 4 nitrogen and oxygen atoms in total. The molecule has 0 atom stereocenters. The van der Waals surface area contributed by atoms with E-state index in [2.05, 4.69) is 21.3 Å². The molecule has 0 unspecified atom stereocenters. The Morgan fingerprint density at radius 1 is 1.28 bits per heavy atom. The Bertz CT molecular complexity index is 307. The van der Waals surface area contributed by atoms with Gasteiger partial charge in [-0.2, -0.15) is 0 Å². The molecular formula is C14H25N3O. The number of ether oxygens (including phenoxy) is 1. The van der Waals surface area contributed by atoms with Crippen molar-refractivity contribution in [2.75, 3.05) is 44.7 Å². The minimum absolute atomic E-state index is 0.864. The summed E-state index contributed by atoms with van der Waals surface area (Å²) < 4.78 is 5.30. The third-order valence-corrected chi connectivity index (χ3v) is 2.75. The van der Waals surface area contributed by atoms with Crippen LogP contribution in [0.15, 0.2) is 18.3 Å². The summed E-state index contributed by atoms with van der Waals surface area (Å²) in [5, 5.41) is 3.33. The average Bonchev–Trinajstić information content (AvgIpc) is 2.44. The first-order chi connectivity index (χ1) is 8.84. The normalized spacial score (nSPS) is 15.7. The van der Waals surface area contributed by atoms with Crippen LogP contribution < -0.4 is 5.32 Å². The molecule has 1 fully saturated rings. The number of pyridine rings is 1. The SMILES string of the molecule is CC.Cc1ccc(NCCN2CCOCC2)nc1. The molecule has 1 saturated heterocycles. The van der Waals surface area contributed by atoms with Crippen molar-refractivity contribution in [1.82, 2.24) is 9.88 Å². The highest BCUT2D eigenvalue weighted by atomic mass is 16.5. The van der Waals surface area contributed by atoms with Crippen LogP contribution >= 0.6 is 0 Å². The predicted molar refractivity (Wildman–Crippen MR) is 76.1 cm³/mol. The van der Waals surface area contributed by atoms with Crippen molar-refractivity contribution < 1.29 is 4.74 Å². The fourth-order valence-corrected chi connectivity index (χ4v) is 1.74. The molecular weight excluding hydrogens is 226 g/mol. The van der Waals surface area contributed by atoms with Gasteiger partial charge in [-0.1, -0.05) is 19.9 Å². The fourth-order valence-electron chi connectivity index (χ4n) is 1.74. The third kappa shape index (κ3) is 5.47. The second kappa shape index (κ2) is 8.89. The maximum atomic E-state index is 5.30. The van der Waals surface area contributed by atoms with Crippen LogP contribution in [0.3, 0.4) is 0 Å². The van der Waals surface area contributed by atoms with Crippen LogP contribution in [-0.4, -0.2) is 49.3 Å². The molecule has 0 bridgehead atoms. The summed E-state index contributed by atoms with van der Waals surface area (Å²) in [6.07, 6.45) is 1.89. The zero-order valence-corrected chi connectivity index (χ0v) is 11.8. The first kappa shape index (κ1) is 14.9. The van der Waals surface area contributed by atoms with Crippen molar-refractivity contribution >= 4 is 5.82 Å². The highest BCUT2D eigenvalue weighted by Gasteiger charge is 2.08. The van der Waals surface area contributed by atoms with Gasteiger partial charge >= 0.3 is 0 Å². The van der Waals surface area contributed by atoms with E-state index in [-0.39, 0.29) is 0 Å². The molecule has 1 aliphatic rings. The van der Waals surface area contributed by atoms with E-state index in [4.69, 9.17) is 4.74 Å². The largest absolute Gasteiger partial charge is 0.379 e. The molecule has 0 spiro atoms. The lowest BCUT2D eigenvalue weighted by molar-refractivity contribution is 0.0398. The monoisotopic (exact) mass is 251 g/mol. The van der Waals surface area contributed by atoms with Gasteiger partial charge in [0.2, 0.25) is 0 Å². The summed E-state index contributed by atoms with van der Waals surface area (Å²) >= 11 is 0. The van der Waals surface area contributed by atoms with E-state index < -0.39 is 0 Å². The first-order valence-electron chi connectivity index (χ1n) is 6.81. The lowest BCUT2D eigenvalue weighted by atomic mass is 10.3. The smallest absolute Gasteiger partial charge is 0.125 e. The fraction of sp³-hybridized carbons (Fsp3) is 0.643. The molecule has 1 aromatic heterocycles. The molecule has 0 saturated carbocycles. The van der Waals surface area contributed by atoms with Crippen LogP contribution in [0, 0.1) is 6.92 Å². The minimum atomic E-state index is 0.864. The van der Waals surface area contributed by atoms with Crippen molar-refractivity contribution in [2.45, 2.75) is 20.8 Å². The van der Waals surface area contributed by atoms with E-state index in [1.165, 1.54) is 5.56 Å². The maximum absolute atomic E-state index is 5.30. The lowest BCUT2D eigenvalue weighted by Crippen LogP contribution is -2.39. The Morgan fingerprint density at radius 2 is 2.00 bits per heavy atom. The molecule has 0 radical (unpaired) electrons. The molecule has 0 aliphatic carbocycles. The second-order valence-corrected chi connectivity index (χ2v) is 4.10. The van der Waals surface area contributed by atoms with Crippen molar-refractivity contribution in [3.05, 3.63) is 23.9 Å².